The molecule has 15 heavy (non-hydrogen) atoms. The number of hydrogen-bond donors (Lipinski definition) is 1. The van der Waals surface area contributed by atoms with Gasteiger partial charge in [0.25, 0.3) is 0 Å². The maximum Gasteiger partial charge on any atom is 0.0700 e. The van der Waals surface area contributed by atoms with E-state index in [1.54, 1.807) is 0 Å². The average molecular weight is 205 g/mol. The van der Waals surface area contributed by atoms with E-state index < -0.39 is 0 Å². The molecule has 2 nitrogen and oxygen atoms in total. The molecule has 82 valence electrons. The molecule has 1 aromatic rings. The van der Waals surface area contributed by atoms with Crippen LogP contribution in [0.25, 0.3) is 0 Å². The van der Waals surface area contributed by atoms with Gasteiger partial charge in [0.15, 0.2) is 0 Å². The van der Waals surface area contributed by atoms with Gasteiger partial charge < -0.3 is 10.1 Å². The van der Waals surface area contributed by atoms with Crippen LogP contribution in [0.1, 0.15) is 18.9 Å². The van der Waals surface area contributed by atoms with Gasteiger partial charge in [-0.25, -0.2) is 0 Å². The molecule has 2 heteroatoms. The van der Waals surface area contributed by atoms with E-state index in [1.807, 2.05) is 0 Å². The summed E-state index contributed by atoms with van der Waals surface area (Å²) in [5, 5.41) is 3.55. The molecule has 0 aromatic heterocycles. The molecule has 1 aliphatic heterocycles. The lowest BCUT2D eigenvalue weighted by Gasteiger charge is -2.15. The Morgan fingerprint density at radius 3 is 2.80 bits per heavy atom. The summed E-state index contributed by atoms with van der Waals surface area (Å²) >= 11 is 0. The van der Waals surface area contributed by atoms with Crippen molar-refractivity contribution in [3.8, 4) is 0 Å². The number of benzene rings is 1. The van der Waals surface area contributed by atoms with Crippen LogP contribution < -0.4 is 5.32 Å². The maximum atomic E-state index is 5.51. The molecular weight excluding hydrogens is 186 g/mol. The highest BCUT2D eigenvalue weighted by molar-refractivity contribution is 5.14. The third-order valence-corrected chi connectivity index (χ3v) is 3.04. The van der Waals surface area contributed by atoms with E-state index in [9.17, 15) is 0 Å². The monoisotopic (exact) mass is 205 g/mol. The van der Waals surface area contributed by atoms with Crippen molar-refractivity contribution in [1.82, 2.24) is 5.32 Å². The van der Waals surface area contributed by atoms with Crippen LogP contribution in [-0.4, -0.2) is 25.3 Å². The summed E-state index contributed by atoms with van der Waals surface area (Å²) in [7, 11) is 0. The average Bonchev–Trinajstić information content (AvgIpc) is 2.66. The van der Waals surface area contributed by atoms with Gasteiger partial charge in [-0.3, -0.25) is 0 Å². The van der Waals surface area contributed by atoms with Gasteiger partial charge in [-0.1, -0.05) is 30.3 Å². The van der Waals surface area contributed by atoms with Crippen LogP contribution >= 0.6 is 0 Å². The van der Waals surface area contributed by atoms with Gasteiger partial charge in [-0.2, -0.15) is 0 Å². The fourth-order valence-corrected chi connectivity index (χ4v) is 2.05. The van der Waals surface area contributed by atoms with Crippen LogP contribution in [0, 0.1) is 0 Å². The first-order valence-electron chi connectivity index (χ1n) is 5.75. The molecule has 0 bridgehead atoms. The lowest BCUT2D eigenvalue weighted by Crippen LogP contribution is -2.35. The Morgan fingerprint density at radius 1 is 1.33 bits per heavy atom. The second-order valence-electron chi connectivity index (χ2n) is 4.16. The zero-order valence-corrected chi connectivity index (χ0v) is 9.28. The summed E-state index contributed by atoms with van der Waals surface area (Å²) in [5.41, 5.74) is 1.40. The first kappa shape index (κ1) is 10.7. The molecule has 1 aromatic carbocycles. The standard InChI is InChI=1S/C13H19NO/c1-11-13(8-10-15-11)14-9-7-12-5-3-2-4-6-12/h2-6,11,13-14H,7-10H2,1H3/t11-,13+/m0/s1. The number of hydrogen-bond acceptors (Lipinski definition) is 2. The SMILES string of the molecule is C[C@@H]1OCC[C@H]1NCCc1ccccc1. The van der Waals surface area contributed by atoms with E-state index >= 15 is 0 Å². The van der Waals surface area contributed by atoms with E-state index in [0.717, 1.165) is 26.0 Å². The van der Waals surface area contributed by atoms with Crippen LogP contribution in [0.2, 0.25) is 0 Å². The second kappa shape index (κ2) is 5.29. The minimum atomic E-state index is 0.376. The van der Waals surface area contributed by atoms with Gasteiger partial charge in [-0.15, -0.1) is 0 Å². The van der Waals surface area contributed by atoms with Crippen LogP contribution in [0.3, 0.4) is 0 Å². The number of nitrogens with one attached hydrogen (secondary N) is 1. The fourth-order valence-electron chi connectivity index (χ4n) is 2.05. The van der Waals surface area contributed by atoms with Gasteiger partial charge in [0, 0.05) is 12.6 Å². The molecule has 0 aliphatic carbocycles. The highest BCUT2D eigenvalue weighted by Crippen LogP contribution is 2.12. The molecule has 1 aliphatic rings. The van der Waals surface area contributed by atoms with Crippen molar-refractivity contribution in [2.75, 3.05) is 13.2 Å². The van der Waals surface area contributed by atoms with Crippen LogP contribution in [-0.2, 0) is 11.2 Å². The van der Waals surface area contributed by atoms with Crippen molar-refractivity contribution in [1.29, 1.82) is 0 Å². The third kappa shape index (κ3) is 3.05. The smallest absolute Gasteiger partial charge is 0.0700 e. The molecule has 1 fully saturated rings. The largest absolute Gasteiger partial charge is 0.377 e. The van der Waals surface area contributed by atoms with Crippen LogP contribution in [0.5, 0.6) is 0 Å². The van der Waals surface area contributed by atoms with Crippen LogP contribution in [0.15, 0.2) is 30.3 Å². The predicted molar refractivity (Wildman–Crippen MR) is 62.0 cm³/mol. The van der Waals surface area contributed by atoms with Crippen LogP contribution in [0.4, 0.5) is 0 Å². The molecule has 2 atom stereocenters. The second-order valence-corrected chi connectivity index (χ2v) is 4.16. The summed E-state index contributed by atoms with van der Waals surface area (Å²) < 4.78 is 5.51. The van der Waals surface area contributed by atoms with Crippen molar-refractivity contribution in [3.05, 3.63) is 35.9 Å². The van der Waals surface area contributed by atoms with Gasteiger partial charge in [0.2, 0.25) is 0 Å². The molecule has 1 saturated heterocycles. The Bertz CT molecular complexity index is 286. The third-order valence-electron chi connectivity index (χ3n) is 3.04. The summed E-state index contributed by atoms with van der Waals surface area (Å²) in [6.45, 7) is 4.10. The van der Waals surface area contributed by atoms with E-state index in [2.05, 4.69) is 42.6 Å². The Labute approximate surface area is 91.6 Å². The van der Waals surface area contributed by atoms with Gasteiger partial charge in [0.05, 0.1) is 6.10 Å². The van der Waals surface area contributed by atoms with Gasteiger partial charge in [-0.05, 0) is 31.9 Å². The van der Waals surface area contributed by atoms with Crippen molar-refractivity contribution in [3.63, 3.8) is 0 Å². The summed E-state index contributed by atoms with van der Waals surface area (Å²) in [4.78, 5) is 0. The number of ether oxygens (including phenoxy) is 1. The highest BCUT2D eigenvalue weighted by Gasteiger charge is 2.22. The Kier molecular flexibility index (Phi) is 3.75. The lowest BCUT2D eigenvalue weighted by atomic mass is 10.1. The summed E-state index contributed by atoms with van der Waals surface area (Å²) in [6.07, 6.45) is 2.63. The quantitative estimate of drug-likeness (QED) is 0.811. The first-order chi connectivity index (χ1) is 7.36. The topological polar surface area (TPSA) is 21.3 Å². The normalized spacial score (nSPS) is 25.7. The van der Waals surface area contributed by atoms with E-state index in [1.165, 1.54) is 5.56 Å². The highest BCUT2D eigenvalue weighted by atomic mass is 16.5. The molecule has 1 heterocycles. The minimum Gasteiger partial charge on any atom is -0.377 e. The predicted octanol–water partition coefficient (Wildman–Crippen LogP) is 2.00. The lowest BCUT2D eigenvalue weighted by molar-refractivity contribution is 0.113. The number of rotatable bonds is 4. The molecule has 0 spiro atoms. The Morgan fingerprint density at radius 2 is 2.13 bits per heavy atom. The maximum absolute atomic E-state index is 5.51. The molecule has 0 amide bonds. The molecule has 2 rings (SSSR count). The minimum absolute atomic E-state index is 0.376. The van der Waals surface area contributed by atoms with Crippen molar-refractivity contribution >= 4 is 0 Å². The van der Waals surface area contributed by atoms with E-state index in [4.69, 9.17) is 4.74 Å². The molecular formula is C13H19NO. The summed E-state index contributed by atoms with van der Waals surface area (Å²) in [5.74, 6) is 0. The fraction of sp³-hybridized carbons (Fsp3) is 0.538. The molecule has 0 unspecified atom stereocenters. The zero-order chi connectivity index (χ0) is 10.5. The van der Waals surface area contributed by atoms with E-state index in [-0.39, 0.29) is 0 Å². The van der Waals surface area contributed by atoms with Crippen molar-refractivity contribution in [2.45, 2.75) is 31.9 Å². The Balaban J connectivity index is 1.71. The molecule has 1 N–H and O–H groups in total. The van der Waals surface area contributed by atoms with Gasteiger partial charge in [0.1, 0.15) is 0 Å². The Hall–Kier alpha value is -0.860. The van der Waals surface area contributed by atoms with Crippen molar-refractivity contribution < 1.29 is 4.74 Å². The van der Waals surface area contributed by atoms with E-state index in [0.29, 0.717) is 12.1 Å². The first-order valence-corrected chi connectivity index (χ1v) is 5.75. The van der Waals surface area contributed by atoms with Gasteiger partial charge >= 0.3 is 0 Å². The summed E-state index contributed by atoms with van der Waals surface area (Å²) in [6, 6.07) is 11.2. The molecule has 0 radical (unpaired) electrons. The zero-order valence-electron chi connectivity index (χ0n) is 9.28. The van der Waals surface area contributed by atoms with Crippen molar-refractivity contribution in [2.24, 2.45) is 0 Å². The molecule has 0 saturated carbocycles.